The number of ether oxygens (including phenoxy) is 2. The first-order valence-electron chi connectivity index (χ1n) is 9.91. The van der Waals surface area contributed by atoms with E-state index in [0.717, 1.165) is 11.3 Å². The van der Waals surface area contributed by atoms with Crippen molar-refractivity contribution >= 4 is 33.3 Å². The number of benzene rings is 2. The molecule has 0 aliphatic carbocycles. The van der Waals surface area contributed by atoms with Crippen LogP contribution in [0.5, 0.6) is 11.5 Å². The number of hydrogen-bond donors (Lipinski definition) is 0. The Hall–Kier alpha value is -3.63. The minimum atomic E-state index is -0.129. The van der Waals surface area contributed by atoms with Gasteiger partial charge in [-0.15, -0.1) is 11.3 Å². The Morgan fingerprint density at radius 3 is 2.64 bits per heavy atom. The van der Waals surface area contributed by atoms with Gasteiger partial charge in [0.1, 0.15) is 16.2 Å². The molecule has 0 radical (unpaired) electrons. The maximum absolute atomic E-state index is 13.3. The van der Waals surface area contributed by atoms with Crippen molar-refractivity contribution in [1.82, 2.24) is 19.7 Å². The Balaban J connectivity index is 1.46. The molecule has 0 aliphatic rings. The molecule has 0 unspecified atom stereocenters. The van der Waals surface area contributed by atoms with E-state index in [1.807, 2.05) is 53.9 Å². The van der Waals surface area contributed by atoms with Crippen molar-refractivity contribution in [1.29, 1.82) is 0 Å². The van der Waals surface area contributed by atoms with E-state index in [9.17, 15) is 4.79 Å². The first-order chi connectivity index (χ1) is 16.2. The van der Waals surface area contributed by atoms with Gasteiger partial charge in [0.2, 0.25) is 11.7 Å². The lowest BCUT2D eigenvalue weighted by atomic mass is 10.2. The van der Waals surface area contributed by atoms with Crippen molar-refractivity contribution in [3.63, 3.8) is 0 Å². The molecular formula is C23H18N4O4S2. The fourth-order valence-electron chi connectivity index (χ4n) is 3.26. The molecule has 0 bridgehead atoms. The molecule has 2 aromatic carbocycles. The summed E-state index contributed by atoms with van der Waals surface area (Å²) in [6.07, 6.45) is 0. The summed E-state index contributed by atoms with van der Waals surface area (Å²) in [7, 11) is 3.21. The maximum Gasteiger partial charge on any atom is 0.276 e. The lowest BCUT2D eigenvalue weighted by molar-refractivity contribution is 0.391. The van der Waals surface area contributed by atoms with E-state index < -0.39 is 0 Å². The van der Waals surface area contributed by atoms with Gasteiger partial charge in [-0.3, -0.25) is 9.36 Å². The summed E-state index contributed by atoms with van der Waals surface area (Å²) in [6, 6.07) is 16.6. The second-order valence-corrected chi connectivity index (χ2v) is 8.76. The second kappa shape index (κ2) is 9.08. The van der Waals surface area contributed by atoms with Crippen LogP contribution in [0.25, 0.3) is 27.3 Å². The average molecular weight is 479 g/mol. The maximum atomic E-state index is 13.3. The summed E-state index contributed by atoms with van der Waals surface area (Å²) in [4.78, 5) is 22.5. The summed E-state index contributed by atoms with van der Waals surface area (Å²) in [6.45, 7) is 0. The number of thioether (sulfide) groups is 1. The third-order valence-corrected chi connectivity index (χ3v) is 6.72. The van der Waals surface area contributed by atoms with Gasteiger partial charge in [-0.25, -0.2) is 4.98 Å². The first-order valence-corrected chi connectivity index (χ1v) is 11.8. The molecule has 33 heavy (non-hydrogen) atoms. The largest absolute Gasteiger partial charge is 0.497 e. The third kappa shape index (κ3) is 4.22. The minimum Gasteiger partial charge on any atom is -0.497 e. The zero-order valence-electron chi connectivity index (χ0n) is 17.7. The highest BCUT2D eigenvalue weighted by atomic mass is 32.2. The van der Waals surface area contributed by atoms with E-state index in [0.29, 0.717) is 44.3 Å². The molecule has 10 heteroatoms. The zero-order chi connectivity index (χ0) is 22.8. The van der Waals surface area contributed by atoms with Gasteiger partial charge in [0.25, 0.3) is 5.56 Å². The number of nitrogens with zero attached hydrogens (tertiary/aromatic N) is 4. The SMILES string of the molecule is COc1ccc(-c2noc(CSc3nc4ccsc4c(=O)n3-c3cccc(OC)c3)n2)cc1. The van der Waals surface area contributed by atoms with Crippen LogP contribution in [0.15, 0.2) is 74.5 Å². The Morgan fingerprint density at radius 1 is 1.03 bits per heavy atom. The lowest BCUT2D eigenvalue weighted by Gasteiger charge is -2.12. The highest BCUT2D eigenvalue weighted by molar-refractivity contribution is 7.98. The number of methoxy groups -OCH3 is 2. The van der Waals surface area contributed by atoms with Gasteiger partial charge in [0.15, 0.2) is 5.16 Å². The van der Waals surface area contributed by atoms with Crippen molar-refractivity contribution in [2.45, 2.75) is 10.9 Å². The zero-order valence-corrected chi connectivity index (χ0v) is 19.4. The smallest absolute Gasteiger partial charge is 0.276 e. The average Bonchev–Trinajstić information content (AvgIpc) is 3.53. The van der Waals surface area contributed by atoms with Crippen LogP contribution in [0.3, 0.4) is 0 Å². The molecule has 5 aromatic rings. The molecule has 0 spiro atoms. The topological polar surface area (TPSA) is 92.3 Å². The molecule has 0 saturated heterocycles. The van der Waals surface area contributed by atoms with Crippen molar-refractivity contribution in [3.8, 4) is 28.6 Å². The van der Waals surface area contributed by atoms with Crippen molar-refractivity contribution in [2.75, 3.05) is 14.2 Å². The van der Waals surface area contributed by atoms with E-state index in [2.05, 4.69) is 10.1 Å². The predicted molar refractivity (Wildman–Crippen MR) is 128 cm³/mol. The van der Waals surface area contributed by atoms with Gasteiger partial charge < -0.3 is 14.0 Å². The second-order valence-electron chi connectivity index (χ2n) is 6.90. The standard InChI is InChI=1S/C23H18N4O4S2/c1-29-16-8-6-14(7-9-16)21-25-19(31-26-21)13-33-23-24-18-10-11-32-20(18)22(28)27(23)15-4-3-5-17(12-15)30-2/h3-12H,13H2,1-2H3. The van der Waals surface area contributed by atoms with E-state index >= 15 is 0 Å². The van der Waals surface area contributed by atoms with Crippen LogP contribution in [-0.4, -0.2) is 33.9 Å². The first kappa shape index (κ1) is 21.2. The molecule has 0 saturated carbocycles. The molecule has 3 heterocycles. The molecule has 0 fully saturated rings. The predicted octanol–water partition coefficient (Wildman–Crippen LogP) is 4.81. The minimum absolute atomic E-state index is 0.129. The summed E-state index contributed by atoms with van der Waals surface area (Å²) in [5, 5.41) is 6.47. The number of thiophene rings is 1. The molecule has 5 rings (SSSR count). The van der Waals surface area contributed by atoms with Crippen LogP contribution in [0, 0.1) is 0 Å². The fraction of sp³-hybridized carbons (Fsp3) is 0.130. The molecule has 0 aliphatic heterocycles. The van der Waals surface area contributed by atoms with Crippen molar-refractivity contribution in [2.24, 2.45) is 0 Å². The van der Waals surface area contributed by atoms with Gasteiger partial charge in [0, 0.05) is 11.6 Å². The van der Waals surface area contributed by atoms with Crippen LogP contribution < -0.4 is 15.0 Å². The van der Waals surface area contributed by atoms with E-state index in [1.165, 1.54) is 23.1 Å². The Bertz CT molecular complexity index is 1470. The molecular weight excluding hydrogens is 460 g/mol. The van der Waals surface area contributed by atoms with E-state index in [4.69, 9.17) is 19.0 Å². The van der Waals surface area contributed by atoms with Crippen LogP contribution >= 0.6 is 23.1 Å². The Morgan fingerprint density at radius 2 is 1.85 bits per heavy atom. The van der Waals surface area contributed by atoms with Gasteiger partial charge in [-0.1, -0.05) is 23.0 Å². The molecule has 0 N–H and O–H groups in total. The Labute approximate surface area is 196 Å². The van der Waals surface area contributed by atoms with Gasteiger partial charge >= 0.3 is 0 Å². The highest BCUT2D eigenvalue weighted by Crippen LogP contribution is 2.28. The fourth-order valence-corrected chi connectivity index (χ4v) is 4.87. The van der Waals surface area contributed by atoms with Crippen LogP contribution in [0.2, 0.25) is 0 Å². The molecule has 8 nitrogen and oxygen atoms in total. The molecule has 0 amide bonds. The molecule has 3 aromatic heterocycles. The van der Waals surface area contributed by atoms with Gasteiger partial charge in [0.05, 0.1) is 31.2 Å². The highest BCUT2D eigenvalue weighted by Gasteiger charge is 2.17. The number of fused-ring (bicyclic) bond motifs is 1. The quantitative estimate of drug-likeness (QED) is 0.243. The summed E-state index contributed by atoms with van der Waals surface area (Å²) in [5.74, 6) is 2.68. The lowest BCUT2D eigenvalue weighted by Crippen LogP contribution is -2.20. The summed E-state index contributed by atoms with van der Waals surface area (Å²) in [5.41, 5.74) is 2.03. The van der Waals surface area contributed by atoms with Crippen molar-refractivity contribution in [3.05, 3.63) is 76.2 Å². The number of rotatable bonds is 7. The summed E-state index contributed by atoms with van der Waals surface area (Å²) >= 11 is 2.73. The van der Waals surface area contributed by atoms with Gasteiger partial charge in [-0.05, 0) is 47.8 Å². The van der Waals surface area contributed by atoms with Gasteiger partial charge in [-0.2, -0.15) is 4.98 Å². The van der Waals surface area contributed by atoms with E-state index in [-0.39, 0.29) is 5.56 Å². The third-order valence-electron chi connectivity index (χ3n) is 4.90. The monoisotopic (exact) mass is 478 g/mol. The van der Waals surface area contributed by atoms with Crippen LogP contribution in [0.1, 0.15) is 5.89 Å². The summed E-state index contributed by atoms with van der Waals surface area (Å²) < 4.78 is 18.1. The number of aromatic nitrogens is 4. The normalized spacial score (nSPS) is 11.1. The van der Waals surface area contributed by atoms with E-state index in [1.54, 1.807) is 24.9 Å². The van der Waals surface area contributed by atoms with Crippen LogP contribution in [-0.2, 0) is 5.75 Å². The number of hydrogen-bond acceptors (Lipinski definition) is 9. The van der Waals surface area contributed by atoms with Crippen molar-refractivity contribution < 1.29 is 14.0 Å². The molecule has 0 atom stereocenters. The molecule has 166 valence electrons. The van der Waals surface area contributed by atoms with Crippen LogP contribution in [0.4, 0.5) is 0 Å². The Kier molecular flexibility index (Phi) is 5.84.